The van der Waals surface area contributed by atoms with Gasteiger partial charge in [0.1, 0.15) is 11.8 Å². The van der Waals surface area contributed by atoms with Crippen LogP contribution >= 0.6 is 0 Å². The molecule has 1 saturated heterocycles. The minimum absolute atomic E-state index is 0.351. The van der Waals surface area contributed by atoms with Gasteiger partial charge in [-0.25, -0.2) is 0 Å². The van der Waals surface area contributed by atoms with Crippen molar-refractivity contribution in [2.24, 2.45) is 0 Å². The van der Waals surface area contributed by atoms with Gasteiger partial charge in [-0.2, -0.15) is 0 Å². The number of ether oxygens (including phenoxy) is 1. The number of rotatable bonds is 5. The van der Waals surface area contributed by atoms with Crippen molar-refractivity contribution < 1.29 is 14.6 Å². The zero-order chi connectivity index (χ0) is 13.8. The van der Waals surface area contributed by atoms with Crippen LogP contribution in [0.3, 0.4) is 0 Å². The number of carbonyl (C=O) groups is 1. The Morgan fingerprint density at radius 3 is 2.95 bits per heavy atom. The van der Waals surface area contributed by atoms with E-state index in [2.05, 4.69) is 19.1 Å². The van der Waals surface area contributed by atoms with Gasteiger partial charge < -0.3 is 9.84 Å². The molecule has 0 spiro atoms. The van der Waals surface area contributed by atoms with Gasteiger partial charge in [0, 0.05) is 12.1 Å². The SMILES string of the molecule is CCc1ccc(CN2CCCC2C(=O)O)c(OC)c1. The normalized spacial score (nSPS) is 19.6. The Kier molecular flexibility index (Phi) is 4.43. The molecule has 0 radical (unpaired) electrons. The predicted octanol–water partition coefficient (Wildman–Crippen LogP) is 2.31. The van der Waals surface area contributed by atoms with Crippen LogP contribution in [0.2, 0.25) is 0 Å². The maximum absolute atomic E-state index is 11.2. The first kappa shape index (κ1) is 13.9. The topological polar surface area (TPSA) is 49.8 Å². The number of likely N-dealkylation sites (tertiary alicyclic amines) is 1. The number of aryl methyl sites for hydroxylation is 1. The van der Waals surface area contributed by atoms with Crippen molar-refractivity contribution in [1.29, 1.82) is 0 Å². The molecule has 1 aliphatic heterocycles. The van der Waals surface area contributed by atoms with Gasteiger partial charge in [0.15, 0.2) is 0 Å². The van der Waals surface area contributed by atoms with E-state index in [1.807, 2.05) is 11.0 Å². The summed E-state index contributed by atoms with van der Waals surface area (Å²) in [4.78, 5) is 13.2. The number of carboxylic acids is 1. The third kappa shape index (κ3) is 3.07. The van der Waals surface area contributed by atoms with Crippen LogP contribution in [-0.2, 0) is 17.8 Å². The van der Waals surface area contributed by atoms with Crippen LogP contribution < -0.4 is 4.74 Å². The zero-order valence-corrected chi connectivity index (χ0v) is 11.6. The Morgan fingerprint density at radius 1 is 1.53 bits per heavy atom. The summed E-state index contributed by atoms with van der Waals surface area (Å²) in [6.45, 7) is 3.59. The number of nitrogens with zero attached hydrogens (tertiary/aromatic N) is 1. The first-order valence-electron chi connectivity index (χ1n) is 6.78. The van der Waals surface area contributed by atoms with Crippen LogP contribution in [0.5, 0.6) is 5.75 Å². The fraction of sp³-hybridized carbons (Fsp3) is 0.533. The molecule has 0 bridgehead atoms. The maximum atomic E-state index is 11.2. The van der Waals surface area contributed by atoms with E-state index in [1.54, 1.807) is 7.11 Å². The second-order valence-electron chi connectivity index (χ2n) is 4.97. The molecule has 1 heterocycles. The van der Waals surface area contributed by atoms with Crippen molar-refractivity contribution in [2.45, 2.75) is 38.8 Å². The molecule has 19 heavy (non-hydrogen) atoms. The standard InChI is InChI=1S/C15H21NO3/c1-3-11-6-7-12(14(9-11)19-2)10-16-8-4-5-13(16)15(17)18/h6-7,9,13H,3-5,8,10H2,1-2H3,(H,17,18). The monoisotopic (exact) mass is 263 g/mol. The summed E-state index contributed by atoms with van der Waals surface area (Å²) >= 11 is 0. The van der Waals surface area contributed by atoms with E-state index in [0.29, 0.717) is 6.54 Å². The molecule has 1 fully saturated rings. The Hall–Kier alpha value is -1.55. The van der Waals surface area contributed by atoms with Crippen molar-refractivity contribution in [3.63, 3.8) is 0 Å². The third-order valence-electron chi connectivity index (χ3n) is 3.78. The molecule has 4 heteroatoms. The molecule has 1 unspecified atom stereocenters. The van der Waals surface area contributed by atoms with E-state index < -0.39 is 5.97 Å². The summed E-state index contributed by atoms with van der Waals surface area (Å²) in [5.74, 6) is 0.136. The van der Waals surface area contributed by atoms with Crippen LogP contribution in [0.15, 0.2) is 18.2 Å². The van der Waals surface area contributed by atoms with Crippen LogP contribution in [0.25, 0.3) is 0 Å². The first-order valence-corrected chi connectivity index (χ1v) is 6.78. The molecule has 104 valence electrons. The van der Waals surface area contributed by atoms with Gasteiger partial charge in [-0.1, -0.05) is 19.1 Å². The lowest BCUT2D eigenvalue weighted by Gasteiger charge is -2.22. The summed E-state index contributed by atoms with van der Waals surface area (Å²) in [6.07, 6.45) is 2.66. The highest BCUT2D eigenvalue weighted by molar-refractivity contribution is 5.73. The van der Waals surface area contributed by atoms with Gasteiger partial charge in [0.05, 0.1) is 7.11 Å². The zero-order valence-electron chi connectivity index (χ0n) is 11.6. The first-order chi connectivity index (χ1) is 9.15. The van der Waals surface area contributed by atoms with Crippen molar-refractivity contribution >= 4 is 5.97 Å². The fourth-order valence-corrected chi connectivity index (χ4v) is 2.65. The van der Waals surface area contributed by atoms with Gasteiger partial charge in [-0.3, -0.25) is 9.69 Å². The molecule has 0 amide bonds. The summed E-state index contributed by atoms with van der Waals surface area (Å²) in [5, 5.41) is 9.20. The maximum Gasteiger partial charge on any atom is 0.320 e. The number of aliphatic carboxylic acids is 1. The fourth-order valence-electron chi connectivity index (χ4n) is 2.65. The Bertz CT molecular complexity index is 459. The van der Waals surface area contributed by atoms with Crippen LogP contribution in [0.4, 0.5) is 0 Å². The molecular weight excluding hydrogens is 242 g/mol. The second-order valence-corrected chi connectivity index (χ2v) is 4.97. The van der Waals surface area contributed by atoms with E-state index in [-0.39, 0.29) is 6.04 Å². The van der Waals surface area contributed by atoms with Crippen molar-refractivity contribution in [3.8, 4) is 5.75 Å². The highest BCUT2D eigenvalue weighted by Gasteiger charge is 2.30. The largest absolute Gasteiger partial charge is 0.496 e. The Morgan fingerprint density at radius 2 is 2.32 bits per heavy atom. The number of benzene rings is 1. The van der Waals surface area contributed by atoms with Gasteiger partial charge in [-0.05, 0) is 37.4 Å². The van der Waals surface area contributed by atoms with Crippen LogP contribution in [0, 0.1) is 0 Å². The molecule has 2 rings (SSSR count). The molecule has 0 saturated carbocycles. The average Bonchev–Trinajstić information content (AvgIpc) is 2.87. The Labute approximate surface area is 114 Å². The van der Waals surface area contributed by atoms with E-state index in [1.165, 1.54) is 5.56 Å². The van der Waals surface area contributed by atoms with Crippen molar-refractivity contribution in [3.05, 3.63) is 29.3 Å². The van der Waals surface area contributed by atoms with E-state index in [4.69, 9.17) is 4.74 Å². The van der Waals surface area contributed by atoms with Gasteiger partial charge >= 0.3 is 5.97 Å². The van der Waals surface area contributed by atoms with Crippen LogP contribution in [-0.4, -0.2) is 35.7 Å². The number of hydrogen-bond acceptors (Lipinski definition) is 3. The highest BCUT2D eigenvalue weighted by atomic mass is 16.5. The lowest BCUT2D eigenvalue weighted by atomic mass is 10.1. The van der Waals surface area contributed by atoms with E-state index in [0.717, 1.165) is 37.1 Å². The van der Waals surface area contributed by atoms with E-state index in [9.17, 15) is 9.90 Å². The summed E-state index contributed by atoms with van der Waals surface area (Å²) in [5.41, 5.74) is 2.30. The lowest BCUT2D eigenvalue weighted by Crippen LogP contribution is -2.35. The number of methoxy groups -OCH3 is 1. The summed E-state index contributed by atoms with van der Waals surface area (Å²) < 4.78 is 5.42. The van der Waals surface area contributed by atoms with Gasteiger partial charge in [0.25, 0.3) is 0 Å². The van der Waals surface area contributed by atoms with E-state index >= 15 is 0 Å². The molecular formula is C15H21NO3. The third-order valence-corrected chi connectivity index (χ3v) is 3.78. The predicted molar refractivity (Wildman–Crippen MR) is 73.4 cm³/mol. The van der Waals surface area contributed by atoms with Crippen LogP contribution in [0.1, 0.15) is 30.9 Å². The molecule has 0 aliphatic carbocycles. The molecule has 4 nitrogen and oxygen atoms in total. The molecule has 1 aromatic carbocycles. The van der Waals surface area contributed by atoms with Crippen molar-refractivity contribution in [1.82, 2.24) is 4.90 Å². The smallest absolute Gasteiger partial charge is 0.320 e. The minimum Gasteiger partial charge on any atom is -0.496 e. The average molecular weight is 263 g/mol. The van der Waals surface area contributed by atoms with Gasteiger partial charge in [-0.15, -0.1) is 0 Å². The Balaban J connectivity index is 2.16. The quantitative estimate of drug-likeness (QED) is 0.885. The number of carboxylic acid groups (broad SMARTS) is 1. The molecule has 1 atom stereocenters. The van der Waals surface area contributed by atoms with Gasteiger partial charge in [0.2, 0.25) is 0 Å². The molecule has 1 aromatic rings. The second kappa shape index (κ2) is 6.06. The number of hydrogen-bond donors (Lipinski definition) is 1. The highest BCUT2D eigenvalue weighted by Crippen LogP contribution is 2.26. The van der Waals surface area contributed by atoms with Crippen molar-refractivity contribution in [2.75, 3.05) is 13.7 Å². The molecule has 1 N–H and O–H groups in total. The molecule has 1 aliphatic rings. The molecule has 0 aromatic heterocycles. The summed E-state index contributed by atoms with van der Waals surface area (Å²) in [7, 11) is 1.66. The lowest BCUT2D eigenvalue weighted by molar-refractivity contribution is -0.142. The minimum atomic E-state index is -0.721. The summed E-state index contributed by atoms with van der Waals surface area (Å²) in [6, 6.07) is 5.83.